The van der Waals surface area contributed by atoms with Crippen LogP contribution in [0.25, 0.3) is 0 Å². The lowest BCUT2D eigenvalue weighted by Crippen LogP contribution is -2.41. The molecule has 0 spiro atoms. The summed E-state index contributed by atoms with van der Waals surface area (Å²) in [6, 6.07) is 4.80. The van der Waals surface area contributed by atoms with Crippen LogP contribution in [0.1, 0.15) is 51.5 Å². The third-order valence-electron chi connectivity index (χ3n) is 7.10. The first-order chi connectivity index (χ1) is 16.1. The van der Waals surface area contributed by atoms with E-state index in [4.69, 9.17) is 49.3 Å². The van der Waals surface area contributed by atoms with Gasteiger partial charge in [-0.3, -0.25) is 0 Å². The second-order valence-electron chi connectivity index (χ2n) is 12.3. The molecule has 9 heteroatoms. The van der Waals surface area contributed by atoms with Crippen LogP contribution in [0.5, 0.6) is 5.75 Å². The molecule has 1 fully saturated rings. The average molecular weight is 579 g/mol. The van der Waals surface area contributed by atoms with Crippen LogP contribution in [0.15, 0.2) is 12.1 Å². The van der Waals surface area contributed by atoms with Crippen LogP contribution in [-0.2, 0) is 9.16 Å². The summed E-state index contributed by atoms with van der Waals surface area (Å²) in [5.41, 5.74) is 0.944. The fraction of sp³-hybridized carbons (Fsp3) is 0.731. The van der Waals surface area contributed by atoms with Gasteiger partial charge in [-0.05, 0) is 49.2 Å². The van der Waals surface area contributed by atoms with Gasteiger partial charge < -0.3 is 18.8 Å². The molecule has 200 valence electrons. The molecule has 0 N–H and O–H groups in total. The second-order valence-corrected chi connectivity index (χ2v) is 24.0. The Morgan fingerprint density at radius 3 is 2.37 bits per heavy atom. The van der Waals surface area contributed by atoms with Crippen molar-refractivity contribution in [3.63, 3.8) is 0 Å². The minimum Gasteiger partial charge on any atom is -0.467 e. The maximum atomic E-state index is 6.68. The van der Waals surface area contributed by atoms with Crippen molar-refractivity contribution in [2.75, 3.05) is 33.1 Å². The number of unbranched alkanes of at least 4 members (excludes halogenated alkanes) is 1. The van der Waals surface area contributed by atoms with Crippen molar-refractivity contribution in [3.8, 4) is 5.75 Å². The fourth-order valence-corrected chi connectivity index (χ4v) is 6.41. The summed E-state index contributed by atoms with van der Waals surface area (Å²) in [6.07, 6.45) is 2.87. The molecule has 1 aromatic rings. The highest BCUT2D eigenvalue weighted by Crippen LogP contribution is 2.42. The minimum atomic E-state index is -1.69. The molecule has 4 nitrogen and oxygen atoms in total. The average Bonchev–Trinajstić information content (AvgIpc) is 3.08. The highest BCUT2D eigenvalue weighted by Gasteiger charge is 2.37. The van der Waals surface area contributed by atoms with E-state index in [1.807, 2.05) is 6.07 Å². The van der Waals surface area contributed by atoms with E-state index in [0.29, 0.717) is 16.7 Å². The van der Waals surface area contributed by atoms with E-state index in [-0.39, 0.29) is 17.7 Å². The summed E-state index contributed by atoms with van der Waals surface area (Å²) in [7, 11) is -2.82. The van der Waals surface area contributed by atoms with Gasteiger partial charge in [0.25, 0.3) is 0 Å². The summed E-state index contributed by atoms with van der Waals surface area (Å²) in [4.78, 5) is 3.28. The van der Waals surface area contributed by atoms with E-state index in [9.17, 15) is 0 Å². The monoisotopic (exact) mass is 577 g/mol. The van der Waals surface area contributed by atoms with E-state index in [2.05, 4.69) is 58.4 Å². The van der Waals surface area contributed by atoms with E-state index < -0.39 is 16.4 Å². The number of ether oxygens (including phenoxy) is 2. The Balaban J connectivity index is 1.91. The standard InChI is InChI=1S/C26H45Cl2NO3SSi2/c1-26(2,3)35(7,8)32-14-10-9-13-29-18-20(17-23(29)33)24-22(12-11-21(27)25(24)28)31-19-30-15-16-34(4,5)6/h11-12,20H,9-10,13-19H2,1-8H3/t20-/m0/s1. The predicted octanol–water partition coefficient (Wildman–Crippen LogP) is 8.60. The number of likely N-dealkylation sites (tertiary alicyclic amines) is 1. The molecule has 1 aliphatic rings. The molecule has 35 heavy (non-hydrogen) atoms. The smallest absolute Gasteiger partial charge is 0.191 e. The summed E-state index contributed by atoms with van der Waals surface area (Å²) in [6.45, 7) is 22.0. The number of thiocarbonyl (C=S) groups is 1. The molecule has 0 unspecified atom stereocenters. The van der Waals surface area contributed by atoms with Gasteiger partial charge in [0.15, 0.2) is 15.1 Å². The first kappa shape index (κ1) is 31.1. The van der Waals surface area contributed by atoms with Crippen molar-refractivity contribution in [3.05, 3.63) is 27.7 Å². The number of hydrogen-bond acceptors (Lipinski definition) is 4. The largest absolute Gasteiger partial charge is 0.467 e. The molecule has 1 atom stereocenters. The number of benzene rings is 1. The lowest BCUT2D eigenvalue weighted by atomic mass is 9.97. The zero-order valence-corrected chi connectivity index (χ0v) is 27.3. The second kappa shape index (κ2) is 13.1. The Morgan fingerprint density at radius 2 is 1.74 bits per heavy atom. The third kappa shape index (κ3) is 9.58. The van der Waals surface area contributed by atoms with Gasteiger partial charge in [-0.25, -0.2) is 0 Å². The molecule has 1 heterocycles. The SMILES string of the molecule is CC(C)(C)[Si](C)(C)OCCCCN1C[C@@H](c2c(OCOCC[Si](C)(C)C)ccc(Cl)c2Cl)CC1=S. The van der Waals surface area contributed by atoms with Crippen LogP contribution in [-0.4, -0.2) is 59.4 Å². The van der Waals surface area contributed by atoms with Crippen molar-refractivity contribution in [1.29, 1.82) is 0 Å². The molecule has 0 radical (unpaired) electrons. The van der Waals surface area contributed by atoms with E-state index in [0.717, 1.165) is 61.3 Å². The van der Waals surface area contributed by atoms with Crippen LogP contribution in [0.2, 0.25) is 53.9 Å². The number of hydrogen-bond donors (Lipinski definition) is 0. The quantitative estimate of drug-likeness (QED) is 0.101. The molecule has 0 saturated carbocycles. The van der Waals surface area contributed by atoms with Crippen LogP contribution < -0.4 is 4.74 Å². The van der Waals surface area contributed by atoms with Crippen LogP contribution in [0, 0.1) is 0 Å². The minimum absolute atomic E-state index is 0.161. The maximum Gasteiger partial charge on any atom is 0.191 e. The Kier molecular flexibility index (Phi) is 11.6. The van der Waals surface area contributed by atoms with Gasteiger partial charge in [0, 0.05) is 52.3 Å². The van der Waals surface area contributed by atoms with Crippen molar-refractivity contribution in [1.82, 2.24) is 4.90 Å². The van der Waals surface area contributed by atoms with Crippen molar-refractivity contribution >= 4 is 56.8 Å². The van der Waals surface area contributed by atoms with Crippen molar-refractivity contribution < 1.29 is 13.9 Å². The van der Waals surface area contributed by atoms with E-state index in [1.54, 1.807) is 6.07 Å². The first-order valence-electron chi connectivity index (χ1n) is 12.7. The molecule has 1 aliphatic heterocycles. The number of rotatable bonds is 13. The van der Waals surface area contributed by atoms with Gasteiger partial charge in [0.05, 0.1) is 15.0 Å². The summed E-state index contributed by atoms with van der Waals surface area (Å²) < 4.78 is 18.1. The molecule has 2 rings (SSSR count). The van der Waals surface area contributed by atoms with Gasteiger partial charge in [-0.15, -0.1) is 0 Å². The molecular formula is C26H45Cl2NO3SSi2. The van der Waals surface area contributed by atoms with Gasteiger partial charge >= 0.3 is 0 Å². The molecule has 1 saturated heterocycles. The fourth-order valence-electron chi connectivity index (χ4n) is 3.73. The zero-order chi connectivity index (χ0) is 26.4. The van der Waals surface area contributed by atoms with Crippen molar-refractivity contribution in [2.45, 2.75) is 89.8 Å². The molecular weight excluding hydrogens is 533 g/mol. The predicted molar refractivity (Wildman–Crippen MR) is 160 cm³/mol. The van der Waals surface area contributed by atoms with Crippen LogP contribution in [0.4, 0.5) is 0 Å². The summed E-state index contributed by atoms with van der Waals surface area (Å²) in [5, 5.41) is 1.34. The normalized spacial score (nSPS) is 17.4. The zero-order valence-electron chi connectivity index (χ0n) is 22.9. The molecule has 0 bridgehead atoms. The number of nitrogens with zero attached hydrogens (tertiary/aromatic N) is 1. The Morgan fingerprint density at radius 1 is 1.06 bits per heavy atom. The Labute approximate surface area is 231 Å². The van der Waals surface area contributed by atoms with E-state index >= 15 is 0 Å². The van der Waals surface area contributed by atoms with Gasteiger partial charge in [0.2, 0.25) is 0 Å². The highest BCUT2D eigenvalue weighted by atomic mass is 35.5. The van der Waals surface area contributed by atoms with Gasteiger partial charge in [0.1, 0.15) is 5.75 Å². The maximum absolute atomic E-state index is 6.68. The van der Waals surface area contributed by atoms with Crippen LogP contribution >= 0.6 is 35.4 Å². The molecule has 0 amide bonds. The van der Waals surface area contributed by atoms with Gasteiger partial charge in [-0.2, -0.15) is 0 Å². The molecule has 0 aromatic heterocycles. The molecule has 0 aliphatic carbocycles. The van der Waals surface area contributed by atoms with E-state index in [1.165, 1.54) is 0 Å². The summed E-state index contributed by atoms with van der Waals surface area (Å²) in [5.74, 6) is 0.902. The van der Waals surface area contributed by atoms with Crippen molar-refractivity contribution in [2.24, 2.45) is 0 Å². The van der Waals surface area contributed by atoms with Gasteiger partial charge in [-0.1, -0.05) is 75.8 Å². The summed E-state index contributed by atoms with van der Waals surface area (Å²) >= 11 is 18.8. The Hall–Kier alpha value is -0.156. The number of halogens is 2. The van der Waals surface area contributed by atoms with Crippen LogP contribution in [0.3, 0.4) is 0 Å². The molecule has 1 aromatic carbocycles. The lowest BCUT2D eigenvalue weighted by Gasteiger charge is -2.36. The Bertz CT molecular complexity index is 856. The highest BCUT2D eigenvalue weighted by molar-refractivity contribution is 7.80. The first-order valence-corrected chi connectivity index (χ1v) is 20.5. The topological polar surface area (TPSA) is 30.9 Å². The third-order valence-corrected chi connectivity index (χ3v) is 14.6. The lowest BCUT2D eigenvalue weighted by molar-refractivity contribution is 0.0213.